The normalized spacial score (nSPS) is 16.0. The lowest BCUT2D eigenvalue weighted by Gasteiger charge is -2.31. The van der Waals surface area contributed by atoms with Gasteiger partial charge in [-0.1, -0.05) is 24.3 Å². The van der Waals surface area contributed by atoms with E-state index < -0.39 is 5.82 Å². The van der Waals surface area contributed by atoms with Gasteiger partial charge in [-0.3, -0.25) is 0 Å². The highest BCUT2D eigenvalue weighted by molar-refractivity contribution is 5.74. The second-order valence-electron chi connectivity index (χ2n) is 7.99. The molecule has 2 aromatic carbocycles. The zero-order valence-corrected chi connectivity index (χ0v) is 17.9. The quantitative estimate of drug-likeness (QED) is 0.453. The van der Waals surface area contributed by atoms with Crippen molar-refractivity contribution in [1.29, 1.82) is 0 Å². The number of rotatable bonds is 5. The molecule has 8 heteroatoms. The van der Waals surface area contributed by atoms with Gasteiger partial charge >= 0.3 is 6.03 Å². The molecule has 2 amide bonds. The summed E-state index contributed by atoms with van der Waals surface area (Å²) < 4.78 is 25.1. The zero-order chi connectivity index (χ0) is 22.6. The van der Waals surface area contributed by atoms with Gasteiger partial charge in [0.05, 0.1) is 5.92 Å². The number of urea groups is 1. The Labute approximate surface area is 190 Å². The Bertz CT molecular complexity index is 1240. The number of fused-ring (bicyclic) bond motifs is 1. The number of carbonyl (C=O) groups excluding carboxylic acids is 1. The van der Waals surface area contributed by atoms with Gasteiger partial charge in [-0.15, -0.1) is 0 Å². The first-order chi connectivity index (χ1) is 16.2. The van der Waals surface area contributed by atoms with Crippen LogP contribution in [-0.2, 0) is 6.54 Å². The molecule has 5 rings (SSSR count). The highest BCUT2D eigenvalue weighted by Gasteiger charge is 2.28. The lowest BCUT2D eigenvalue weighted by atomic mass is 9.98. The minimum Gasteiger partial charge on any atom is -0.440 e. The summed E-state index contributed by atoms with van der Waals surface area (Å²) in [4.78, 5) is 23.5. The fourth-order valence-corrected chi connectivity index (χ4v) is 4.00. The molecule has 0 saturated carbocycles. The summed E-state index contributed by atoms with van der Waals surface area (Å²) >= 11 is 0. The Hall–Kier alpha value is -3.94. The van der Waals surface area contributed by atoms with E-state index in [0.29, 0.717) is 36.2 Å². The molecule has 33 heavy (non-hydrogen) atoms. The summed E-state index contributed by atoms with van der Waals surface area (Å²) in [6.45, 7) is 1.45. The van der Waals surface area contributed by atoms with Crippen molar-refractivity contribution in [1.82, 2.24) is 20.2 Å². The fourth-order valence-electron chi connectivity index (χ4n) is 4.00. The van der Waals surface area contributed by atoms with E-state index >= 15 is 0 Å². The van der Waals surface area contributed by atoms with Gasteiger partial charge in [0.25, 0.3) is 0 Å². The number of benzene rings is 2. The summed E-state index contributed by atoms with van der Waals surface area (Å²) in [5.74, 6) is 1.01. The topological polar surface area (TPSA) is 80.5 Å². The molecule has 0 spiro atoms. The number of oxazole rings is 1. The van der Waals surface area contributed by atoms with Crippen LogP contribution in [0.2, 0.25) is 0 Å². The summed E-state index contributed by atoms with van der Waals surface area (Å²) in [5.41, 5.74) is 2.29. The van der Waals surface area contributed by atoms with E-state index in [9.17, 15) is 9.18 Å². The standard InChI is InChI=1S/C25H23FN4O3/c26-19-8-3-9-20(14-19)32-23-17(6-4-12-27-23)15-28-25(31)30-13-5-7-18(16-30)24-29-21-10-1-2-11-22(21)33-24/h1-4,6,8-12,14,18H,5,7,13,15-16H2,(H,28,31). The molecular weight excluding hydrogens is 423 g/mol. The van der Waals surface area contributed by atoms with Crippen LogP contribution in [0.1, 0.15) is 30.2 Å². The number of carbonyl (C=O) groups is 1. The maximum absolute atomic E-state index is 13.5. The van der Waals surface area contributed by atoms with Crippen LogP contribution in [0.4, 0.5) is 9.18 Å². The van der Waals surface area contributed by atoms with Crippen molar-refractivity contribution in [2.45, 2.75) is 25.3 Å². The van der Waals surface area contributed by atoms with Gasteiger partial charge in [0, 0.05) is 37.5 Å². The first-order valence-electron chi connectivity index (χ1n) is 10.9. The third kappa shape index (κ3) is 4.79. The molecule has 0 radical (unpaired) electrons. The minimum atomic E-state index is -0.392. The number of amides is 2. The lowest BCUT2D eigenvalue weighted by Crippen LogP contribution is -2.44. The first kappa shape index (κ1) is 20.9. The predicted molar refractivity (Wildman–Crippen MR) is 121 cm³/mol. The van der Waals surface area contributed by atoms with Crippen LogP contribution in [0, 0.1) is 5.82 Å². The molecule has 7 nitrogen and oxygen atoms in total. The molecule has 1 aliphatic rings. The molecule has 1 saturated heterocycles. The summed E-state index contributed by atoms with van der Waals surface area (Å²) in [7, 11) is 0. The van der Waals surface area contributed by atoms with Gasteiger partial charge in [-0.05, 0) is 43.2 Å². The number of likely N-dealkylation sites (tertiary alicyclic amines) is 1. The van der Waals surface area contributed by atoms with E-state index in [0.717, 1.165) is 23.9 Å². The number of piperidine rings is 1. The molecule has 4 aromatic rings. The van der Waals surface area contributed by atoms with Crippen molar-refractivity contribution in [3.63, 3.8) is 0 Å². The van der Waals surface area contributed by atoms with Gasteiger partial charge in [0.15, 0.2) is 11.5 Å². The molecule has 168 valence electrons. The SMILES string of the molecule is O=C(NCc1cccnc1Oc1cccc(F)c1)N1CCCC(c2nc3ccccc3o2)C1. The number of nitrogens with zero attached hydrogens (tertiary/aromatic N) is 3. The Kier molecular flexibility index (Phi) is 5.89. The smallest absolute Gasteiger partial charge is 0.317 e. The van der Waals surface area contributed by atoms with E-state index in [-0.39, 0.29) is 18.5 Å². The van der Waals surface area contributed by atoms with Crippen molar-refractivity contribution < 1.29 is 18.3 Å². The largest absolute Gasteiger partial charge is 0.440 e. The zero-order valence-electron chi connectivity index (χ0n) is 17.9. The number of aromatic nitrogens is 2. The van der Waals surface area contributed by atoms with Gasteiger partial charge in [-0.25, -0.2) is 19.2 Å². The van der Waals surface area contributed by atoms with E-state index in [2.05, 4.69) is 15.3 Å². The summed E-state index contributed by atoms with van der Waals surface area (Å²) in [6, 6.07) is 16.9. The Balaban J connectivity index is 1.23. The molecule has 3 heterocycles. The molecule has 1 unspecified atom stereocenters. The van der Waals surface area contributed by atoms with E-state index in [1.54, 1.807) is 29.3 Å². The molecule has 0 aliphatic carbocycles. The van der Waals surface area contributed by atoms with Crippen LogP contribution >= 0.6 is 0 Å². The van der Waals surface area contributed by atoms with Crippen LogP contribution in [0.25, 0.3) is 11.1 Å². The van der Waals surface area contributed by atoms with Crippen molar-refractivity contribution in [2.24, 2.45) is 0 Å². The molecule has 1 aliphatic heterocycles. The van der Waals surface area contributed by atoms with Crippen LogP contribution in [0.3, 0.4) is 0 Å². The number of ether oxygens (including phenoxy) is 1. The van der Waals surface area contributed by atoms with Crippen LogP contribution in [0.15, 0.2) is 71.3 Å². The molecule has 1 atom stereocenters. The lowest BCUT2D eigenvalue weighted by molar-refractivity contribution is 0.174. The highest BCUT2D eigenvalue weighted by Crippen LogP contribution is 2.29. The van der Waals surface area contributed by atoms with Crippen LogP contribution in [0.5, 0.6) is 11.6 Å². The fraction of sp³-hybridized carbons (Fsp3) is 0.240. The van der Waals surface area contributed by atoms with E-state index in [4.69, 9.17) is 9.15 Å². The van der Waals surface area contributed by atoms with Gasteiger partial charge in [0.1, 0.15) is 17.1 Å². The highest BCUT2D eigenvalue weighted by atomic mass is 19.1. The third-order valence-electron chi connectivity index (χ3n) is 5.66. The maximum atomic E-state index is 13.5. The van der Waals surface area contributed by atoms with E-state index in [1.807, 2.05) is 30.3 Å². The molecular formula is C25H23FN4O3. The predicted octanol–water partition coefficient (Wildman–Crippen LogP) is 5.24. The average molecular weight is 446 g/mol. The second kappa shape index (κ2) is 9.28. The van der Waals surface area contributed by atoms with Crippen LogP contribution in [-0.4, -0.2) is 34.0 Å². The number of para-hydroxylation sites is 2. The van der Waals surface area contributed by atoms with Crippen molar-refractivity contribution in [2.75, 3.05) is 13.1 Å². The van der Waals surface area contributed by atoms with Gasteiger partial charge in [-0.2, -0.15) is 0 Å². The number of pyridine rings is 1. The van der Waals surface area contributed by atoms with Crippen molar-refractivity contribution in [3.05, 3.63) is 84.1 Å². The number of nitrogens with one attached hydrogen (secondary N) is 1. The third-order valence-corrected chi connectivity index (χ3v) is 5.66. The molecule has 2 aromatic heterocycles. The average Bonchev–Trinajstić information content (AvgIpc) is 3.28. The summed E-state index contributed by atoms with van der Waals surface area (Å²) in [5, 5.41) is 2.95. The molecule has 1 N–H and O–H groups in total. The molecule has 0 bridgehead atoms. The van der Waals surface area contributed by atoms with E-state index in [1.165, 1.54) is 12.1 Å². The summed E-state index contributed by atoms with van der Waals surface area (Å²) in [6.07, 6.45) is 3.39. The molecule has 1 fully saturated rings. The number of hydrogen-bond donors (Lipinski definition) is 1. The van der Waals surface area contributed by atoms with Gasteiger partial charge < -0.3 is 19.4 Å². The number of halogens is 1. The number of hydrogen-bond acceptors (Lipinski definition) is 5. The van der Waals surface area contributed by atoms with Crippen molar-refractivity contribution >= 4 is 17.1 Å². The monoisotopic (exact) mass is 446 g/mol. The minimum absolute atomic E-state index is 0.0576. The first-order valence-corrected chi connectivity index (χ1v) is 10.9. The Morgan fingerprint density at radius 2 is 2.09 bits per heavy atom. The maximum Gasteiger partial charge on any atom is 0.317 e. The Morgan fingerprint density at radius 1 is 1.18 bits per heavy atom. The van der Waals surface area contributed by atoms with Gasteiger partial charge in [0.2, 0.25) is 5.88 Å². The van der Waals surface area contributed by atoms with Crippen LogP contribution < -0.4 is 10.1 Å². The Morgan fingerprint density at radius 3 is 2.97 bits per heavy atom. The second-order valence-corrected chi connectivity index (χ2v) is 7.99. The van der Waals surface area contributed by atoms with Crippen molar-refractivity contribution in [3.8, 4) is 11.6 Å².